The number of allylic oxidation sites excluding steroid dienone is 1. The smallest absolute Gasteiger partial charge is 0.438 e. The number of hydrogen-bond acceptors (Lipinski definition) is 5. The first-order valence-electron chi connectivity index (χ1n) is 8.19. The number of hydrazine groups is 1. The van der Waals surface area contributed by atoms with Crippen LogP contribution in [-0.2, 0) is 14.3 Å². The van der Waals surface area contributed by atoms with E-state index in [2.05, 4.69) is 5.43 Å². The fraction of sp³-hybridized carbons (Fsp3) is 0.750. The van der Waals surface area contributed by atoms with Gasteiger partial charge in [0.15, 0.2) is 0 Å². The molecule has 0 bridgehead atoms. The predicted octanol–water partition coefficient (Wildman–Crippen LogP) is 2.53. The Balaban J connectivity index is 2.33. The van der Waals surface area contributed by atoms with Crippen molar-refractivity contribution in [2.75, 3.05) is 0 Å². The third-order valence-corrected chi connectivity index (χ3v) is 4.15. The van der Waals surface area contributed by atoms with Crippen molar-refractivity contribution >= 4 is 11.9 Å². The summed E-state index contributed by atoms with van der Waals surface area (Å²) in [5.41, 5.74) is -1.32. The number of carbonyl (C=O) groups is 2. The average Bonchev–Trinajstić information content (AvgIpc) is 2.84. The lowest BCUT2D eigenvalue weighted by Crippen LogP contribution is -2.61. The van der Waals surface area contributed by atoms with Gasteiger partial charge in [0.2, 0.25) is 0 Å². The van der Waals surface area contributed by atoms with Crippen molar-refractivity contribution in [3.05, 3.63) is 11.3 Å². The largest absolute Gasteiger partial charge is 0.453 e. The molecule has 2 N–H and O–H groups in total. The van der Waals surface area contributed by atoms with Crippen LogP contribution in [0.1, 0.15) is 59.3 Å². The van der Waals surface area contributed by atoms with Gasteiger partial charge < -0.3 is 9.84 Å². The summed E-state index contributed by atoms with van der Waals surface area (Å²) in [6.07, 6.45) is -2.08. The zero-order valence-corrected chi connectivity index (χ0v) is 14.5. The van der Waals surface area contributed by atoms with Gasteiger partial charge in [-0.1, -0.05) is 6.42 Å². The van der Waals surface area contributed by atoms with E-state index in [1.165, 1.54) is 20.8 Å². The van der Waals surface area contributed by atoms with Gasteiger partial charge in [0.25, 0.3) is 5.72 Å². The predicted molar refractivity (Wildman–Crippen MR) is 81.6 cm³/mol. The lowest BCUT2D eigenvalue weighted by Gasteiger charge is -2.33. The Morgan fingerprint density at radius 2 is 1.72 bits per heavy atom. The second-order valence-corrected chi connectivity index (χ2v) is 7.39. The highest BCUT2D eigenvalue weighted by molar-refractivity contribution is 6.32. The van der Waals surface area contributed by atoms with Gasteiger partial charge >= 0.3 is 18.1 Å². The number of carbonyl (C=O) groups excluding carboxylic acids is 2. The highest BCUT2D eigenvalue weighted by atomic mass is 19.4. The number of ether oxygens (including phenoxy) is 1. The number of hydrogen-bond donors (Lipinski definition) is 2. The Bertz CT molecular complexity index is 587. The molecule has 1 aliphatic heterocycles. The van der Waals surface area contributed by atoms with E-state index < -0.39 is 35.8 Å². The molecule has 0 radical (unpaired) electrons. The fourth-order valence-electron chi connectivity index (χ4n) is 2.94. The second kappa shape index (κ2) is 6.51. The van der Waals surface area contributed by atoms with E-state index in [-0.39, 0.29) is 10.7 Å². The summed E-state index contributed by atoms with van der Waals surface area (Å²) in [6.45, 7) is 4.46. The molecule has 1 atom stereocenters. The maximum atomic E-state index is 13.4. The summed E-state index contributed by atoms with van der Waals surface area (Å²) >= 11 is 0. The lowest BCUT2D eigenvalue weighted by molar-refractivity contribution is -0.304. The molecular formula is C16H23F3N2O4. The van der Waals surface area contributed by atoms with Gasteiger partial charge in [-0.15, -0.1) is 0 Å². The van der Waals surface area contributed by atoms with E-state index in [4.69, 9.17) is 4.74 Å². The van der Waals surface area contributed by atoms with Crippen LogP contribution >= 0.6 is 0 Å². The molecule has 1 heterocycles. The molecule has 0 unspecified atom stereocenters. The van der Waals surface area contributed by atoms with Gasteiger partial charge in [0.05, 0.1) is 0 Å². The normalized spacial score (nSPS) is 25.0. The number of alkyl halides is 3. The third-order valence-electron chi connectivity index (χ3n) is 4.15. The molecule has 1 saturated heterocycles. The molecule has 0 aromatic rings. The number of halogens is 3. The van der Waals surface area contributed by atoms with Gasteiger partial charge in [-0.3, -0.25) is 10.2 Å². The van der Waals surface area contributed by atoms with E-state index >= 15 is 0 Å². The SMILES string of the molecule is CC(C)(C)OC(=O)C(=O)N1NC(=C2CCCCC2)C[C@@]1(O)C(F)(F)F. The topological polar surface area (TPSA) is 78.9 Å². The van der Waals surface area contributed by atoms with Crippen molar-refractivity contribution in [2.24, 2.45) is 0 Å². The molecule has 0 aromatic heterocycles. The number of rotatable bonds is 0. The van der Waals surface area contributed by atoms with Crippen LogP contribution in [-0.4, -0.2) is 39.5 Å². The molecule has 0 aromatic carbocycles. The zero-order valence-electron chi connectivity index (χ0n) is 14.5. The minimum Gasteiger partial charge on any atom is -0.453 e. The number of nitrogens with one attached hydrogen (secondary N) is 1. The molecule has 2 rings (SSSR count). The van der Waals surface area contributed by atoms with Crippen LogP contribution in [0.5, 0.6) is 0 Å². The average molecular weight is 364 g/mol. The second-order valence-electron chi connectivity index (χ2n) is 7.39. The highest BCUT2D eigenvalue weighted by Crippen LogP contribution is 2.43. The maximum absolute atomic E-state index is 13.4. The molecular weight excluding hydrogens is 341 g/mol. The Kier molecular flexibility index (Phi) is 5.09. The summed E-state index contributed by atoms with van der Waals surface area (Å²) in [7, 11) is 0. The quantitative estimate of drug-likeness (QED) is 0.510. The summed E-state index contributed by atoms with van der Waals surface area (Å²) < 4.78 is 45.1. The van der Waals surface area contributed by atoms with Crippen molar-refractivity contribution in [2.45, 2.75) is 76.8 Å². The van der Waals surface area contributed by atoms with Gasteiger partial charge in [0.1, 0.15) is 5.60 Å². The summed E-state index contributed by atoms with van der Waals surface area (Å²) in [4.78, 5) is 24.1. The van der Waals surface area contributed by atoms with Crippen molar-refractivity contribution in [1.29, 1.82) is 0 Å². The summed E-state index contributed by atoms with van der Waals surface area (Å²) in [5, 5.41) is 10.1. The first kappa shape index (κ1) is 19.6. The molecule has 1 aliphatic carbocycles. The van der Waals surface area contributed by atoms with Gasteiger partial charge in [-0.2, -0.15) is 13.2 Å². The molecule has 2 aliphatic rings. The number of nitrogens with zero attached hydrogens (tertiary/aromatic N) is 1. The molecule has 9 heteroatoms. The van der Waals surface area contributed by atoms with Crippen LogP contribution in [0.25, 0.3) is 0 Å². The van der Waals surface area contributed by atoms with E-state index in [9.17, 15) is 27.9 Å². The highest BCUT2D eigenvalue weighted by Gasteiger charge is 2.64. The van der Waals surface area contributed by atoms with Gasteiger partial charge in [-0.25, -0.2) is 9.80 Å². The lowest BCUT2D eigenvalue weighted by atomic mass is 9.91. The summed E-state index contributed by atoms with van der Waals surface area (Å²) in [6, 6.07) is 0. The minimum atomic E-state index is -5.13. The molecule has 0 spiro atoms. The van der Waals surface area contributed by atoms with Crippen LogP contribution in [0.2, 0.25) is 0 Å². The number of esters is 1. The zero-order chi connectivity index (χ0) is 19.0. The third kappa shape index (κ3) is 4.08. The Morgan fingerprint density at radius 1 is 1.16 bits per heavy atom. The standard InChI is InChI=1S/C16H23F3N2O4/c1-14(2,3)25-13(23)12(22)21-15(24,16(17,18)19)9-11(20-21)10-7-5-4-6-8-10/h20,24H,4-9H2,1-3H3/t15-/m1/s1. The molecule has 25 heavy (non-hydrogen) atoms. The summed E-state index contributed by atoms with van der Waals surface area (Å²) in [5.74, 6) is -3.04. The monoisotopic (exact) mass is 364 g/mol. The van der Waals surface area contributed by atoms with Crippen LogP contribution in [0, 0.1) is 0 Å². The molecule has 1 saturated carbocycles. The van der Waals surface area contributed by atoms with E-state index in [1.807, 2.05) is 0 Å². The van der Waals surface area contributed by atoms with Crippen LogP contribution in [0.3, 0.4) is 0 Å². The Morgan fingerprint density at radius 3 is 2.20 bits per heavy atom. The molecule has 142 valence electrons. The molecule has 6 nitrogen and oxygen atoms in total. The number of aliphatic hydroxyl groups is 1. The van der Waals surface area contributed by atoms with E-state index in [1.54, 1.807) is 0 Å². The Labute approximate surface area is 144 Å². The van der Waals surface area contributed by atoms with Crippen LogP contribution in [0.15, 0.2) is 11.3 Å². The van der Waals surface area contributed by atoms with Crippen LogP contribution < -0.4 is 5.43 Å². The van der Waals surface area contributed by atoms with Gasteiger partial charge in [0, 0.05) is 12.1 Å². The van der Waals surface area contributed by atoms with E-state index in [0.717, 1.165) is 24.8 Å². The Hall–Kier alpha value is -1.77. The van der Waals surface area contributed by atoms with Gasteiger partial charge in [-0.05, 0) is 52.0 Å². The van der Waals surface area contributed by atoms with Crippen molar-refractivity contribution in [1.82, 2.24) is 10.4 Å². The van der Waals surface area contributed by atoms with Crippen molar-refractivity contribution < 1.29 is 32.6 Å². The maximum Gasteiger partial charge on any atom is 0.438 e. The van der Waals surface area contributed by atoms with Crippen molar-refractivity contribution in [3.8, 4) is 0 Å². The van der Waals surface area contributed by atoms with Crippen LogP contribution in [0.4, 0.5) is 13.2 Å². The molecule has 1 amide bonds. The van der Waals surface area contributed by atoms with E-state index in [0.29, 0.717) is 12.8 Å². The fourth-order valence-corrected chi connectivity index (χ4v) is 2.94. The molecule has 2 fully saturated rings. The first-order chi connectivity index (χ1) is 11.3. The number of amides is 1. The minimum absolute atomic E-state index is 0.0436. The first-order valence-corrected chi connectivity index (χ1v) is 8.19. The van der Waals surface area contributed by atoms with Crippen molar-refractivity contribution in [3.63, 3.8) is 0 Å².